The van der Waals surface area contributed by atoms with Crippen molar-refractivity contribution >= 4 is 23.7 Å². The number of halogens is 1. The summed E-state index contributed by atoms with van der Waals surface area (Å²) in [4.78, 5) is 24.0. The molecule has 3 aromatic rings. The lowest BCUT2D eigenvalue weighted by molar-refractivity contribution is -0.136. The van der Waals surface area contributed by atoms with Gasteiger partial charge < -0.3 is 10.1 Å². The van der Waals surface area contributed by atoms with Crippen LogP contribution in [0.4, 0.5) is 10.1 Å². The minimum atomic E-state index is -0.869. The zero-order valence-electron chi connectivity index (χ0n) is 17.0. The first-order valence-corrected chi connectivity index (χ1v) is 9.75. The van der Waals surface area contributed by atoms with E-state index in [-0.39, 0.29) is 12.4 Å². The SMILES string of the molecule is CCc1ccccc1NC(=O)C(=O)NN=Cc1ccc(OCc2ccccc2F)cc1. The number of hydrazone groups is 1. The van der Waals surface area contributed by atoms with Gasteiger partial charge in [-0.25, -0.2) is 9.82 Å². The van der Waals surface area contributed by atoms with E-state index < -0.39 is 11.8 Å². The molecule has 0 unspecified atom stereocenters. The number of benzene rings is 3. The van der Waals surface area contributed by atoms with Crippen molar-refractivity contribution in [2.75, 3.05) is 5.32 Å². The summed E-state index contributed by atoms with van der Waals surface area (Å²) in [5.74, 6) is -1.41. The fourth-order valence-electron chi connectivity index (χ4n) is 2.77. The largest absolute Gasteiger partial charge is 0.489 e. The summed E-state index contributed by atoms with van der Waals surface area (Å²) in [5, 5.41) is 6.39. The highest BCUT2D eigenvalue weighted by Gasteiger charge is 2.14. The Morgan fingerprint density at radius 2 is 1.61 bits per heavy atom. The number of hydrogen-bond acceptors (Lipinski definition) is 4. The van der Waals surface area contributed by atoms with Crippen molar-refractivity contribution in [2.45, 2.75) is 20.0 Å². The summed E-state index contributed by atoms with van der Waals surface area (Å²) in [6.45, 7) is 2.08. The molecule has 0 aliphatic rings. The molecule has 0 atom stereocenters. The smallest absolute Gasteiger partial charge is 0.329 e. The number of amides is 2. The maximum Gasteiger partial charge on any atom is 0.329 e. The number of carbonyl (C=O) groups excluding carboxylic acids is 2. The number of aryl methyl sites for hydroxylation is 1. The molecule has 158 valence electrons. The lowest BCUT2D eigenvalue weighted by Crippen LogP contribution is -2.32. The molecular weight excluding hydrogens is 397 g/mol. The predicted octanol–water partition coefficient (Wildman–Crippen LogP) is 4.06. The first kappa shape index (κ1) is 21.7. The Bertz CT molecular complexity index is 1080. The molecule has 0 saturated carbocycles. The minimum absolute atomic E-state index is 0.117. The van der Waals surface area contributed by atoms with Crippen LogP contribution in [0.15, 0.2) is 77.9 Å². The maximum absolute atomic E-state index is 13.6. The summed E-state index contributed by atoms with van der Waals surface area (Å²) < 4.78 is 19.2. The van der Waals surface area contributed by atoms with Crippen LogP contribution in [0.3, 0.4) is 0 Å². The Hall–Kier alpha value is -4.00. The van der Waals surface area contributed by atoms with Gasteiger partial charge in [-0.05, 0) is 53.9 Å². The Balaban J connectivity index is 1.49. The van der Waals surface area contributed by atoms with Gasteiger partial charge in [0.25, 0.3) is 0 Å². The second-order valence-electron chi connectivity index (χ2n) is 6.61. The van der Waals surface area contributed by atoms with Gasteiger partial charge in [0.05, 0.1) is 6.21 Å². The van der Waals surface area contributed by atoms with Crippen molar-refractivity contribution in [3.63, 3.8) is 0 Å². The zero-order valence-corrected chi connectivity index (χ0v) is 17.0. The number of anilines is 1. The van der Waals surface area contributed by atoms with Crippen LogP contribution in [-0.2, 0) is 22.6 Å². The number of hydrogen-bond donors (Lipinski definition) is 2. The van der Waals surface area contributed by atoms with Gasteiger partial charge in [-0.3, -0.25) is 9.59 Å². The Kier molecular flexibility index (Phi) is 7.48. The van der Waals surface area contributed by atoms with E-state index >= 15 is 0 Å². The third-order valence-electron chi connectivity index (χ3n) is 4.46. The first-order valence-electron chi connectivity index (χ1n) is 9.75. The quantitative estimate of drug-likeness (QED) is 0.344. The van der Waals surface area contributed by atoms with Gasteiger partial charge in [0.15, 0.2) is 0 Å². The van der Waals surface area contributed by atoms with Gasteiger partial charge in [-0.15, -0.1) is 0 Å². The highest BCUT2D eigenvalue weighted by atomic mass is 19.1. The molecule has 0 radical (unpaired) electrons. The predicted molar refractivity (Wildman–Crippen MR) is 117 cm³/mol. The third kappa shape index (κ3) is 6.24. The number of nitrogens with one attached hydrogen (secondary N) is 2. The van der Waals surface area contributed by atoms with E-state index in [1.165, 1.54) is 12.3 Å². The molecule has 0 aliphatic carbocycles. The second-order valence-corrected chi connectivity index (χ2v) is 6.61. The van der Waals surface area contributed by atoms with Crippen molar-refractivity contribution < 1.29 is 18.7 Å². The molecule has 0 spiro atoms. The fraction of sp³-hybridized carbons (Fsp3) is 0.125. The molecule has 3 rings (SSSR count). The Morgan fingerprint density at radius 1 is 0.935 bits per heavy atom. The van der Waals surface area contributed by atoms with Gasteiger partial charge in [0, 0.05) is 11.3 Å². The standard InChI is InChI=1S/C24H22FN3O3/c1-2-18-7-4-6-10-22(18)27-23(29)24(30)28-26-15-17-11-13-20(14-12-17)31-16-19-8-3-5-9-21(19)25/h3-15H,2,16H2,1H3,(H,27,29)(H,28,30). The van der Waals surface area contributed by atoms with Crippen LogP contribution in [0.25, 0.3) is 0 Å². The normalized spacial score (nSPS) is 10.6. The molecule has 3 aromatic carbocycles. The van der Waals surface area contributed by atoms with Gasteiger partial charge in [-0.2, -0.15) is 5.10 Å². The number of carbonyl (C=O) groups is 2. The Morgan fingerprint density at radius 3 is 2.32 bits per heavy atom. The fourth-order valence-corrected chi connectivity index (χ4v) is 2.77. The van der Waals surface area contributed by atoms with Crippen molar-refractivity contribution in [3.05, 3.63) is 95.3 Å². The van der Waals surface area contributed by atoms with Crippen molar-refractivity contribution in [3.8, 4) is 5.75 Å². The van der Waals surface area contributed by atoms with Crippen LogP contribution in [0, 0.1) is 5.82 Å². The van der Waals surface area contributed by atoms with Crippen molar-refractivity contribution in [1.29, 1.82) is 0 Å². The topological polar surface area (TPSA) is 79.8 Å². The van der Waals surface area contributed by atoms with Crippen LogP contribution in [0.2, 0.25) is 0 Å². The van der Waals surface area contributed by atoms with Gasteiger partial charge in [0.2, 0.25) is 0 Å². The van der Waals surface area contributed by atoms with Gasteiger partial charge >= 0.3 is 11.8 Å². The number of para-hydroxylation sites is 1. The molecule has 0 heterocycles. The summed E-state index contributed by atoms with van der Waals surface area (Å²) >= 11 is 0. The highest BCUT2D eigenvalue weighted by molar-refractivity contribution is 6.39. The number of nitrogens with zero attached hydrogens (tertiary/aromatic N) is 1. The minimum Gasteiger partial charge on any atom is -0.489 e. The van der Waals surface area contributed by atoms with E-state index in [0.717, 1.165) is 12.0 Å². The maximum atomic E-state index is 13.6. The summed E-state index contributed by atoms with van der Waals surface area (Å²) in [5.41, 5.74) is 4.89. The van der Waals surface area contributed by atoms with E-state index in [0.29, 0.717) is 22.6 Å². The van der Waals surface area contributed by atoms with Gasteiger partial charge in [0.1, 0.15) is 18.2 Å². The molecule has 2 amide bonds. The van der Waals surface area contributed by atoms with E-state index in [2.05, 4.69) is 15.8 Å². The molecular formula is C24H22FN3O3. The van der Waals surface area contributed by atoms with Crippen LogP contribution >= 0.6 is 0 Å². The number of rotatable bonds is 7. The average molecular weight is 419 g/mol. The summed E-state index contributed by atoms with van der Waals surface area (Å²) in [6, 6.07) is 20.6. The van der Waals surface area contributed by atoms with E-state index in [1.807, 2.05) is 19.1 Å². The zero-order chi connectivity index (χ0) is 22.1. The molecule has 0 fully saturated rings. The molecule has 7 heteroatoms. The summed E-state index contributed by atoms with van der Waals surface area (Å²) in [7, 11) is 0. The highest BCUT2D eigenvalue weighted by Crippen LogP contribution is 2.16. The molecule has 0 saturated heterocycles. The number of ether oxygens (including phenoxy) is 1. The Labute approximate surface area is 179 Å². The third-order valence-corrected chi connectivity index (χ3v) is 4.46. The lowest BCUT2D eigenvalue weighted by Gasteiger charge is -2.08. The van der Waals surface area contributed by atoms with Crippen molar-refractivity contribution in [1.82, 2.24) is 5.43 Å². The molecule has 2 N–H and O–H groups in total. The average Bonchev–Trinajstić information content (AvgIpc) is 2.79. The monoisotopic (exact) mass is 419 g/mol. The van der Waals surface area contributed by atoms with Crippen molar-refractivity contribution in [2.24, 2.45) is 5.10 Å². The first-order chi connectivity index (χ1) is 15.1. The van der Waals surface area contributed by atoms with Crippen LogP contribution in [-0.4, -0.2) is 18.0 Å². The molecule has 31 heavy (non-hydrogen) atoms. The molecule has 6 nitrogen and oxygen atoms in total. The van der Waals surface area contributed by atoms with E-state index in [9.17, 15) is 14.0 Å². The molecule has 0 aliphatic heterocycles. The van der Waals surface area contributed by atoms with E-state index in [4.69, 9.17) is 4.74 Å². The second kappa shape index (κ2) is 10.7. The summed E-state index contributed by atoms with van der Waals surface area (Å²) in [6.07, 6.45) is 2.14. The van der Waals surface area contributed by atoms with E-state index in [1.54, 1.807) is 54.6 Å². The molecule has 0 aromatic heterocycles. The van der Waals surface area contributed by atoms with Gasteiger partial charge in [-0.1, -0.05) is 43.3 Å². The van der Waals surface area contributed by atoms with Crippen LogP contribution < -0.4 is 15.5 Å². The van der Waals surface area contributed by atoms with Crippen LogP contribution in [0.5, 0.6) is 5.75 Å². The molecule has 0 bridgehead atoms. The lowest BCUT2D eigenvalue weighted by atomic mass is 10.1. The van der Waals surface area contributed by atoms with Crippen LogP contribution in [0.1, 0.15) is 23.6 Å².